The highest BCUT2D eigenvalue weighted by Crippen LogP contribution is 2.19. The molecule has 0 N–H and O–H groups in total. The van der Waals surface area contributed by atoms with Gasteiger partial charge in [-0.1, -0.05) is 12.2 Å². The van der Waals surface area contributed by atoms with Gasteiger partial charge in [0.2, 0.25) is 0 Å². The summed E-state index contributed by atoms with van der Waals surface area (Å²) in [6.45, 7) is 0. The molecule has 0 bridgehead atoms. The molecule has 0 aliphatic heterocycles. The molecule has 0 nitrogen and oxygen atoms in total. The third kappa shape index (κ3) is 1.68. The number of hydrogen-bond donors (Lipinski definition) is 0. The van der Waals surface area contributed by atoms with E-state index in [0.29, 0.717) is 0 Å². The van der Waals surface area contributed by atoms with E-state index in [2.05, 4.69) is 0 Å². The Balaban J connectivity index is 2.42. The van der Waals surface area contributed by atoms with Crippen LogP contribution in [-0.2, 0) is 0 Å². The van der Waals surface area contributed by atoms with E-state index in [1.54, 1.807) is 0 Å². The highest BCUT2D eigenvalue weighted by Gasteiger charge is 2.09. The molecule has 0 fully saturated rings. The van der Waals surface area contributed by atoms with Crippen molar-refractivity contribution >= 4 is 23.2 Å². The second-order valence-electron chi connectivity index (χ2n) is 1.99. The zero-order valence-electron chi connectivity index (χ0n) is 4.48. The van der Waals surface area contributed by atoms with E-state index >= 15 is 0 Å². The molecule has 0 spiro atoms. The molecular formula is C6H8Cl2. The molecule has 0 aromatic rings. The standard InChI is InChI=1S/C6H8Cl2/c7-5-1-2-6(8)4-3-5/h1-2,5-6H,3-4H2. The predicted molar refractivity (Wildman–Crippen MR) is 37.7 cm³/mol. The summed E-state index contributed by atoms with van der Waals surface area (Å²) >= 11 is 11.5. The maximum atomic E-state index is 5.74. The SMILES string of the molecule is ClC1C=CC(Cl)CC1. The van der Waals surface area contributed by atoms with Crippen molar-refractivity contribution in [2.24, 2.45) is 0 Å². The summed E-state index contributed by atoms with van der Waals surface area (Å²) < 4.78 is 0. The Morgan fingerprint density at radius 3 is 1.62 bits per heavy atom. The maximum absolute atomic E-state index is 5.74. The molecule has 1 aliphatic carbocycles. The number of rotatable bonds is 0. The zero-order chi connectivity index (χ0) is 5.98. The first-order valence-corrected chi connectivity index (χ1v) is 3.63. The van der Waals surface area contributed by atoms with Crippen LogP contribution < -0.4 is 0 Å². The zero-order valence-corrected chi connectivity index (χ0v) is 5.99. The monoisotopic (exact) mass is 150 g/mol. The fourth-order valence-electron chi connectivity index (χ4n) is 0.752. The van der Waals surface area contributed by atoms with E-state index in [9.17, 15) is 0 Å². The lowest BCUT2D eigenvalue weighted by Gasteiger charge is -2.12. The number of halogens is 2. The first-order chi connectivity index (χ1) is 3.79. The Labute approximate surface area is 59.5 Å². The lowest BCUT2D eigenvalue weighted by molar-refractivity contribution is 0.741. The fourth-order valence-corrected chi connectivity index (χ4v) is 1.17. The molecule has 0 aromatic heterocycles. The van der Waals surface area contributed by atoms with Gasteiger partial charge < -0.3 is 0 Å². The van der Waals surface area contributed by atoms with E-state index < -0.39 is 0 Å². The van der Waals surface area contributed by atoms with Gasteiger partial charge in [-0.05, 0) is 12.8 Å². The van der Waals surface area contributed by atoms with Gasteiger partial charge in [0.05, 0.1) is 10.8 Å². The van der Waals surface area contributed by atoms with Crippen LogP contribution in [0.15, 0.2) is 12.2 Å². The van der Waals surface area contributed by atoms with E-state index in [1.165, 1.54) is 0 Å². The van der Waals surface area contributed by atoms with Crippen molar-refractivity contribution < 1.29 is 0 Å². The lowest BCUT2D eigenvalue weighted by Crippen LogP contribution is -2.06. The molecule has 0 amide bonds. The lowest BCUT2D eigenvalue weighted by atomic mass is 10.1. The molecular weight excluding hydrogens is 143 g/mol. The summed E-state index contributed by atoms with van der Waals surface area (Å²) in [5.41, 5.74) is 0. The van der Waals surface area contributed by atoms with Gasteiger partial charge in [0, 0.05) is 0 Å². The van der Waals surface area contributed by atoms with E-state index in [4.69, 9.17) is 23.2 Å². The Morgan fingerprint density at radius 2 is 1.38 bits per heavy atom. The topological polar surface area (TPSA) is 0 Å². The minimum absolute atomic E-state index is 0.227. The Hall–Kier alpha value is 0.320. The molecule has 8 heavy (non-hydrogen) atoms. The molecule has 0 saturated heterocycles. The van der Waals surface area contributed by atoms with Crippen LogP contribution in [0.1, 0.15) is 12.8 Å². The fraction of sp³-hybridized carbons (Fsp3) is 0.667. The van der Waals surface area contributed by atoms with Crippen molar-refractivity contribution in [2.75, 3.05) is 0 Å². The molecule has 1 aliphatic rings. The molecule has 1 rings (SSSR count). The minimum atomic E-state index is 0.227. The van der Waals surface area contributed by atoms with E-state index in [-0.39, 0.29) is 10.8 Å². The second-order valence-corrected chi connectivity index (χ2v) is 3.12. The van der Waals surface area contributed by atoms with Gasteiger partial charge in [-0.3, -0.25) is 0 Å². The Morgan fingerprint density at radius 1 is 1.00 bits per heavy atom. The van der Waals surface area contributed by atoms with Crippen molar-refractivity contribution in [3.05, 3.63) is 12.2 Å². The summed E-state index contributed by atoms with van der Waals surface area (Å²) in [6, 6.07) is 0. The molecule has 2 unspecified atom stereocenters. The van der Waals surface area contributed by atoms with E-state index in [1.807, 2.05) is 12.2 Å². The summed E-state index contributed by atoms with van der Waals surface area (Å²) in [7, 11) is 0. The van der Waals surface area contributed by atoms with Crippen LogP contribution in [0, 0.1) is 0 Å². The minimum Gasteiger partial charge on any atom is -0.118 e. The van der Waals surface area contributed by atoms with Gasteiger partial charge in [0.1, 0.15) is 0 Å². The largest absolute Gasteiger partial charge is 0.118 e. The van der Waals surface area contributed by atoms with Gasteiger partial charge >= 0.3 is 0 Å². The average molecular weight is 151 g/mol. The number of allylic oxidation sites excluding steroid dienone is 2. The first-order valence-electron chi connectivity index (χ1n) is 2.75. The third-order valence-corrected chi connectivity index (χ3v) is 1.97. The molecule has 0 radical (unpaired) electrons. The molecule has 0 aromatic carbocycles. The van der Waals surface area contributed by atoms with Crippen LogP contribution in [0.3, 0.4) is 0 Å². The summed E-state index contributed by atoms with van der Waals surface area (Å²) in [6.07, 6.45) is 5.96. The first kappa shape index (κ1) is 6.44. The van der Waals surface area contributed by atoms with Crippen LogP contribution >= 0.6 is 23.2 Å². The van der Waals surface area contributed by atoms with Gasteiger partial charge in [-0.15, -0.1) is 23.2 Å². The predicted octanol–water partition coefficient (Wildman–Crippen LogP) is 2.55. The number of hydrogen-bond acceptors (Lipinski definition) is 0. The van der Waals surface area contributed by atoms with Gasteiger partial charge in [0.25, 0.3) is 0 Å². The molecule has 0 saturated carbocycles. The van der Waals surface area contributed by atoms with Crippen LogP contribution in [-0.4, -0.2) is 10.8 Å². The Kier molecular flexibility index (Phi) is 2.21. The summed E-state index contributed by atoms with van der Waals surface area (Å²) in [5, 5.41) is 0.454. The molecule has 2 heteroatoms. The average Bonchev–Trinajstić information content (AvgIpc) is 1.77. The van der Waals surface area contributed by atoms with Crippen LogP contribution in [0.4, 0.5) is 0 Å². The molecule has 0 heterocycles. The van der Waals surface area contributed by atoms with E-state index in [0.717, 1.165) is 12.8 Å². The van der Waals surface area contributed by atoms with Crippen LogP contribution in [0.2, 0.25) is 0 Å². The molecule has 2 atom stereocenters. The highest BCUT2D eigenvalue weighted by molar-refractivity contribution is 6.24. The highest BCUT2D eigenvalue weighted by atomic mass is 35.5. The summed E-state index contributed by atoms with van der Waals surface area (Å²) in [4.78, 5) is 0. The normalized spacial score (nSPS) is 37.8. The van der Waals surface area contributed by atoms with Crippen molar-refractivity contribution in [3.63, 3.8) is 0 Å². The third-order valence-electron chi connectivity index (χ3n) is 1.25. The van der Waals surface area contributed by atoms with Gasteiger partial charge in [-0.25, -0.2) is 0 Å². The quantitative estimate of drug-likeness (QED) is 0.368. The van der Waals surface area contributed by atoms with Crippen LogP contribution in [0.5, 0.6) is 0 Å². The van der Waals surface area contributed by atoms with Crippen molar-refractivity contribution in [2.45, 2.75) is 23.6 Å². The van der Waals surface area contributed by atoms with Crippen LogP contribution in [0.25, 0.3) is 0 Å². The van der Waals surface area contributed by atoms with Crippen molar-refractivity contribution in [3.8, 4) is 0 Å². The number of alkyl halides is 2. The maximum Gasteiger partial charge on any atom is 0.0517 e. The van der Waals surface area contributed by atoms with Gasteiger partial charge in [0.15, 0.2) is 0 Å². The van der Waals surface area contributed by atoms with Gasteiger partial charge in [-0.2, -0.15) is 0 Å². The smallest absolute Gasteiger partial charge is 0.0517 e. The van der Waals surface area contributed by atoms with Crippen molar-refractivity contribution in [1.82, 2.24) is 0 Å². The van der Waals surface area contributed by atoms with Crippen molar-refractivity contribution in [1.29, 1.82) is 0 Å². The Bertz CT molecular complexity index is 86.7. The summed E-state index contributed by atoms with van der Waals surface area (Å²) in [5.74, 6) is 0. The second kappa shape index (κ2) is 2.75. The molecule has 46 valence electrons.